The number of para-hydroxylation sites is 1. The average molecular weight is 1050 g/mol. The van der Waals surface area contributed by atoms with Crippen LogP contribution in [0.3, 0.4) is 0 Å². The predicted octanol–water partition coefficient (Wildman–Crippen LogP) is 5.18. The topological polar surface area (TPSA) is 303 Å². The third-order valence-electron chi connectivity index (χ3n) is 12.6. The van der Waals surface area contributed by atoms with E-state index in [2.05, 4.69) is 98.0 Å². The number of H-pyrrole nitrogens is 1. The standard InChI is InChI=1S/C55H76N10O11/c1-36(2)50(64-47(66)35-75-31-30-74-29-28-73-27-24-58-32-40(56)12-10-16-48(67)68)53(70)63-46(15-11-23-59-54(57)71)52(69)61-41-19-17-39(18-20-41)34-76-55(72)60-22-8-5-9-25-65-26-21-42-38(4)51-49(37(3)44(42)33-65)43-13-6-7-14-45(43)62-51/h6-7,13-14,17-21,26,32-33,36,46,50,58H,5,8-12,15-16,22-25,27-31,34-35,56H2,1-4H3,(H8,57,59,60,61,63,64,66,67,68,69,70,71,72)/p+1/b40-32-. The summed E-state index contributed by atoms with van der Waals surface area (Å²) in [5.74, 6) is -2.84. The van der Waals surface area contributed by atoms with Crippen molar-refractivity contribution in [2.45, 2.75) is 104 Å². The summed E-state index contributed by atoms with van der Waals surface area (Å²) >= 11 is 0. The zero-order valence-electron chi connectivity index (χ0n) is 44.2. The molecule has 3 aromatic carbocycles. The number of urea groups is 1. The van der Waals surface area contributed by atoms with Gasteiger partial charge >= 0.3 is 18.1 Å². The van der Waals surface area contributed by atoms with Crippen LogP contribution in [0.4, 0.5) is 15.3 Å². The Hall–Kier alpha value is -7.49. The molecule has 5 rings (SSSR count). The van der Waals surface area contributed by atoms with Gasteiger partial charge in [-0.25, -0.2) is 14.2 Å². The Labute approximate surface area is 443 Å². The van der Waals surface area contributed by atoms with E-state index >= 15 is 0 Å². The van der Waals surface area contributed by atoms with Crippen molar-refractivity contribution < 1.29 is 57.4 Å². The largest absolute Gasteiger partial charge is 0.481 e. The summed E-state index contributed by atoms with van der Waals surface area (Å²) in [7, 11) is 0. The fourth-order valence-corrected chi connectivity index (χ4v) is 8.54. The van der Waals surface area contributed by atoms with Gasteiger partial charge < -0.3 is 72.4 Å². The van der Waals surface area contributed by atoms with Crippen molar-refractivity contribution >= 4 is 74.1 Å². The van der Waals surface area contributed by atoms with Crippen molar-refractivity contribution in [3.8, 4) is 0 Å². The minimum atomic E-state index is -1.04. The van der Waals surface area contributed by atoms with Gasteiger partial charge in [0, 0.05) is 77.8 Å². The maximum absolute atomic E-state index is 13.6. The van der Waals surface area contributed by atoms with Crippen molar-refractivity contribution in [1.82, 2.24) is 31.6 Å². The van der Waals surface area contributed by atoms with Gasteiger partial charge in [0.25, 0.3) is 0 Å². The van der Waals surface area contributed by atoms with Crippen LogP contribution in [0, 0.1) is 19.8 Å². The number of hydrogen-bond acceptors (Lipinski definition) is 12. The Morgan fingerprint density at radius 1 is 0.737 bits per heavy atom. The maximum atomic E-state index is 13.6. The number of carbonyl (C=O) groups is 6. The number of aromatic amines is 1. The monoisotopic (exact) mass is 1050 g/mol. The number of nitrogens with one attached hydrogen (secondary N) is 7. The molecule has 0 fully saturated rings. The van der Waals surface area contributed by atoms with E-state index in [0.717, 1.165) is 31.3 Å². The first-order chi connectivity index (χ1) is 36.6. The second-order valence-corrected chi connectivity index (χ2v) is 18.9. The number of fused-ring (bicyclic) bond motifs is 4. The normalized spacial score (nSPS) is 12.4. The molecule has 21 nitrogen and oxygen atoms in total. The number of aryl methyl sites for hydroxylation is 3. The number of carbonyl (C=O) groups excluding carboxylic acids is 5. The van der Waals surface area contributed by atoms with Crippen LogP contribution < -0.4 is 47.9 Å². The summed E-state index contributed by atoms with van der Waals surface area (Å²) in [5, 5.41) is 30.3. The van der Waals surface area contributed by atoms with Crippen LogP contribution >= 0.6 is 0 Å². The number of amides is 6. The van der Waals surface area contributed by atoms with Gasteiger partial charge in [0.1, 0.15) is 31.8 Å². The summed E-state index contributed by atoms with van der Waals surface area (Å²) < 4.78 is 24.1. The number of rotatable bonds is 34. The first kappa shape index (κ1) is 59.4. The number of carboxylic acids is 1. The summed E-state index contributed by atoms with van der Waals surface area (Å²) in [6, 6.07) is 14.6. The number of allylic oxidation sites excluding steroid dienone is 1. The Kier molecular flexibility index (Phi) is 24.5. The lowest BCUT2D eigenvalue weighted by atomic mass is 9.97. The molecule has 0 saturated carbocycles. The highest BCUT2D eigenvalue weighted by Crippen LogP contribution is 2.36. The molecule has 0 aliphatic heterocycles. The van der Waals surface area contributed by atoms with E-state index < -0.39 is 47.9 Å². The maximum Gasteiger partial charge on any atom is 0.407 e. The number of ether oxygens (including phenoxy) is 4. The zero-order valence-corrected chi connectivity index (χ0v) is 44.2. The molecule has 2 unspecified atom stereocenters. The number of alkyl carbamates (subject to hydrolysis) is 1. The third-order valence-corrected chi connectivity index (χ3v) is 12.6. The quantitative estimate of drug-likeness (QED) is 0.0188. The number of unbranched alkanes of at least 4 members (excludes halogenated alkanes) is 2. The molecule has 6 amide bonds. The van der Waals surface area contributed by atoms with Crippen LogP contribution in [0.2, 0.25) is 0 Å². The number of nitrogens with zero attached hydrogens (tertiary/aromatic N) is 1. The van der Waals surface area contributed by atoms with Gasteiger partial charge in [-0.05, 0) is 98.6 Å². The molecule has 2 atom stereocenters. The summed E-state index contributed by atoms with van der Waals surface area (Å²) in [4.78, 5) is 78.0. The zero-order chi connectivity index (χ0) is 54.8. The molecule has 0 bridgehead atoms. The Morgan fingerprint density at radius 2 is 1.46 bits per heavy atom. The van der Waals surface area contributed by atoms with E-state index in [4.69, 9.17) is 35.5 Å². The molecule has 0 aliphatic carbocycles. The van der Waals surface area contributed by atoms with E-state index in [0.29, 0.717) is 69.1 Å². The molecule has 2 aromatic heterocycles. The predicted molar refractivity (Wildman–Crippen MR) is 290 cm³/mol. The molecular formula is C55H77N10O11+. The molecule has 412 valence electrons. The van der Waals surface area contributed by atoms with Crippen molar-refractivity contribution in [2.75, 3.05) is 64.6 Å². The van der Waals surface area contributed by atoms with E-state index in [9.17, 15) is 28.8 Å². The van der Waals surface area contributed by atoms with Crippen LogP contribution in [-0.2, 0) is 51.3 Å². The van der Waals surface area contributed by atoms with Crippen molar-refractivity contribution in [3.05, 3.63) is 95.6 Å². The van der Waals surface area contributed by atoms with Gasteiger partial charge in [-0.2, -0.15) is 0 Å². The van der Waals surface area contributed by atoms with Crippen LogP contribution in [0.1, 0.15) is 81.9 Å². The van der Waals surface area contributed by atoms with Gasteiger partial charge in [-0.1, -0.05) is 44.2 Å². The van der Waals surface area contributed by atoms with Gasteiger partial charge in [0.05, 0.1) is 38.6 Å². The number of aromatic nitrogens is 2. The number of pyridine rings is 1. The molecular weight excluding hydrogens is 977 g/mol. The van der Waals surface area contributed by atoms with Gasteiger partial charge in [0.15, 0.2) is 12.4 Å². The number of benzene rings is 3. The molecule has 2 heterocycles. The van der Waals surface area contributed by atoms with Gasteiger partial charge in [0.2, 0.25) is 17.7 Å². The summed E-state index contributed by atoms with van der Waals surface area (Å²) in [5.41, 5.74) is 17.6. The van der Waals surface area contributed by atoms with Crippen LogP contribution in [0.25, 0.3) is 32.6 Å². The SMILES string of the molecule is Cc1c2cc[n+](CCCCCNC(=O)OCc3ccc(NC(=O)C(CCCNC(N)=O)NC(=O)C(NC(=O)COCCOCCOCCN/C=C(\N)CCCC(=O)O)C(C)C)cc3)cc2c(C)c2c1[nH]c1ccccc12. The molecule has 0 saturated heterocycles. The molecule has 0 spiro atoms. The molecule has 0 radical (unpaired) electrons. The number of anilines is 1. The molecule has 5 aromatic rings. The van der Waals surface area contributed by atoms with Crippen molar-refractivity contribution in [2.24, 2.45) is 17.4 Å². The van der Waals surface area contributed by atoms with E-state index in [1.807, 2.05) is 0 Å². The highest BCUT2D eigenvalue weighted by molar-refractivity contribution is 6.16. The highest BCUT2D eigenvalue weighted by Gasteiger charge is 2.29. The summed E-state index contributed by atoms with van der Waals surface area (Å²) in [6.07, 6.45) is 9.63. The number of carboxylic acid groups (broad SMARTS) is 1. The molecule has 21 heteroatoms. The van der Waals surface area contributed by atoms with Crippen LogP contribution in [0.5, 0.6) is 0 Å². The molecule has 0 aliphatic rings. The van der Waals surface area contributed by atoms with Crippen molar-refractivity contribution in [3.63, 3.8) is 0 Å². The van der Waals surface area contributed by atoms with Crippen LogP contribution in [-0.4, -0.2) is 117 Å². The lowest BCUT2D eigenvalue weighted by Crippen LogP contribution is -2.55. The van der Waals surface area contributed by atoms with E-state index in [1.165, 1.54) is 38.2 Å². The minimum Gasteiger partial charge on any atom is -0.481 e. The van der Waals surface area contributed by atoms with E-state index in [-0.39, 0.29) is 51.7 Å². The smallest absolute Gasteiger partial charge is 0.407 e. The second kappa shape index (κ2) is 31.4. The third kappa shape index (κ3) is 19.7. The number of primary amides is 1. The fraction of sp³-hybridized carbons (Fsp3) is 0.473. The molecule has 76 heavy (non-hydrogen) atoms. The van der Waals surface area contributed by atoms with E-state index in [1.54, 1.807) is 44.3 Å². The first-order valence-corrected chi connectivity index (χ1v) is 26.0. The lowest BCUT2D eigenvalue weighted by Gasteiger charge is -2.25. The average Bonchev–Trinajstić information content (AvgIpc) is 3.84. The Bertz CT molecular complexity index is 2740. The first-order valence-electron chi connectivity index (χ1n) is 26.0. The lowest BCUT2D eigenvalue weighted by molar-refractivity contribution is -0.696. The van der Waals surface area contributed by atoms with Crippen molar-refractivity contribution in [1.29, 1.82) is 0 Å². The summed E-state index contributed by atoms with van der Waals surface area (Å²) in [6.45, 7) is 11.0. The second-order valence-electron chi connectivity index (χ2n) is 18.9. The Morgan fingerprint density at radius 3 is 2.20 bits per heavy atom. The Balaban J connectivity index is 0.973. The number of aliphatic carboxylic acids is 1. The number of hydrogen-bond donors (Lipinski definition) is 10. The fourth-order valence-electron chi connectivity index (χ4n) is 8.54. The molecule has 12 N–H and O–H groups in total. The minimum absolute atomic E-state index is 0.0155. The highest BCUT2D eigenvalue weighted by atomic mass is 16.6. The number of nitrogens with two attached hydrogens (primary N) is 2. The van der Waals surface area contributed by atoms with Crippen LogP contribution in [0.15, 0.2) is 78.9 Å². The van der Waals surface area contributed by atoms with Gasteiger partial charge in [-0.3, -0.25) is 19.2 Å². The van der Waals surface area contributed by atoms with Gasteiger partial charge in [-0.15, -0.1) is 0 Å².